The van der Waals surface area contributed by atoms with Gasteiger partial charge in [-0.2, -0.15) is 4.89 Å². The van der Waals surface area contributed by atoms with E-state index in [4.69, 9.17) is 9.78 Å². The standard InChI is InChI=1S/C17H26O3/c1-3-5-6-7-8-11-14-19-20-17(18)16-13-10-9-12-15(16)4-2/h9-10,12-13H,3-8,11,14H2,1-2H3. The quantitative estimate of drug-likeness (QED) is 0.353. The first kappa shape index (κ1) is 16.7. The number of carbonyl (C=O) groups is 1. The molecule has 0 unspecified atom stereocenters. The van der Waals surface area contributed by atoms with Gasteiger partial charge in [0, 0.05) is 0 Å². The number of hydrogen-bond acceptors (Lipinski definition) is 3. The van der Waals surface area contributed by atoms with Gasteiger partial charge in [0.15, 0.2) is 0 Å². The molecular weight excluding hydrogens is 252 g/mol. The fourth-order valence-corrected chi connectivity index (χ4v) is 2.11. The third-order valence-electron chi connectivity index (χ3n) is 3.33. The minimum Gasteiger partial charge on any atom is -0.293 e. The molecule has 20 heavy (non-hydrogen) atoms. The van der Waals surface area contributed by atoms with Gasteiger partial charge >= 0.3 is 5.97 Å². The lowest BCUT2D eigenvalue weighted by molar-refractivity contribution is -0.241. The summed E-state index contributed by atoms with van der Waals surface area (Å²) >= 11 is 0. The molecule has 0 bridgehead atoms. The Balaban J connectivity index is 2.17. The van der Waals surface area contributed by atoms with Crippen LogP contribution in [0.1, 0.15) is 68.3 Å². The smallest absolute Gasteiger partial charge is 0.293 e. The van der Waals surface area contributed by atoms with Crippen LogP contribution in [0, 0.1) is 0 Å². The molecule has 1 rings (SSSR count). The van der Waals surface area contributed by atoms with Crippen molar-refractivity contribution < 1.29 is 14.6 Å². The molecule has 0 saturated heterocycles. The lowest BCUT2D eigenvalue weighted by Crippen LogP contribution is -2.09. The van der Waals surface area contributed by atoms with Crippen LogP contribution in [0.2, 0.25) is 0 Å². The van der Waals surface area contributed by atoms with Crippen LogP contribution in [0.5, 0.6) is 0 Å². The molecule has 0 amide bonds. The second kappa shape index (κ2) is 10.4. The molecule has 0 fully saturated rings. The molecule has 0 aliphatic carbocycles. The van der Waals surface area contributed by atoms with Crippen molar-refractivity contribution in [2.24, 2.45) is 0 Å². The van der Waals surface area contributed by atoms with Crippen molar-refractivity contribution in [1.82, 2.24) is 0 Å². The van der Waals surface area contributed by atoms with E-state index in [0.29, 0.717) is 12.2 Å². The van der Waals surface area contributed by atoms with E-state index in [1.807, 2.05) is 25.1 Å². The fraction of sp³-hybridized carbons (Fsp3) is 0.588. The highest BCUT2D eigenvalue weighted by atomic mass is 17.2. The van der Waals surface area contributed by atoms with Gasteiger partial charge in [-0.3, -0.25) is 4.89 Å². The van der Waals surface area contributed by atoms with Gasteiger partial charge in [-0.1, -0.05) is 64.2 Å². The highest BCUT2D eigenvalue weighted by molar-refractivity contribution is 5.90. The van der Waals surface area contributed by atoms with E-state index in [-0.39, 0.29) is 0 Å². The summed E-state index contributed by atoms with van der Waals surface area (Å²) in [5, 5.41) is 0. The summed E-state index contributed by atoms with van der Waals surface area (Å²) in [5.41, 5.74) is 1.58. The van der Waals surface area contributed by atoms with E-state index >= 15 is 0 Å². The predicted octanol–water partition coefficient (Wildman–Crippen LogP) is 4.70. The van der Waals surface area contributed by atoms with Crippen molar-refractivity contribution in [2.45, 2.75) is 58.8 Å². The van der Waals surface area contributed by atoms with Gasteiger partial charge in [0.25, 0.3) is 0 Å². The molecular formula is C17H26O3. The number of aryl methyl sites for hydroxylation is 1. The summed E-state index contributed by atoms with van der Waals surface area (Å²) in [7, 11) is 0. The average Bonchev–Trinajstić information content (AvgIpc) is 2.49. The number of rotatable bonds is 10. The second-order valence-electron chi connectivity index (χ2n) is 4.97. The van der Waals surface area contributed by atoms with Gasteiger partial charge in [0.05, 0.1) is 12.2 Å². The molecule has 0 saturated carbocycles. The van der Waals surface area contributed by atoms with Crippen molar-refractivity contribution in [3.05, 3.63) is 35.4 Å². The van der Waals surface area contributed by atoms with Gasteiger partial charge in [0.2, 0.25) is 0 Å². The van der Waals surface area contributed by atoms with Gasteiger partial charge < -0.3 is 0 Å². The Morgan fingerprint density at radius 3 is 2.45 bits per heavy atom. The summed E-state index contributed by atoms with van der Waals surface area (Å²) in [6.45, 7) is 4.70. The van der Waals surface area contributed by atoms with Gasteiger partial charge in [-0.15, -0.1) is 0 Å². The Bertz CT molecular complexity index is 388. The van der Waals surface area contributed by atoms with E-state index in [1.165, 1.54) is 25.7 Å². The lowest BCUT2D eigenvalue weighted by Gasteiger charge is -2.07. The zero-order valence-corrected chi connectivity index (χ0v) is 12.7. The molecule has 0 atom stereocenters. The molecule has 0 aromatic heterocycles. The zero-order valence-electron chi connectivity index (χ0n) is 12.7. The minimum absolute atomic E-state index is 0.395. The molecule has 112 valence electrons. The summed E-state index contributed by atoms with van der Waals surface area (Å²) in [5.74, 6) is -0.395. The molecule has 0 radical (unpaired) electrons. The largest absolute Gasteiger partial charge is 0.373 e. The summed E-state index contributed by atoms with van der Waals surface area (Å²) < 4.78 is 0. The van der Waals surface area contributed by atoms with Crippen molar-refractivity contribution in [3.63, 3.8) is 0 Å². The summed E-state index contributed by atoms with van der Waals surface area (Å²) in [6, 6.07) is 7.47. The van der Waals surface area contributed by atoms with Crippen molar-refractivity contribution in [1.29, 1.82) is 0 Å². The second-order valence-corrected chi connectivity index (χ2v) is 4.97. The Morgan fingerprint density at radius 1 is 1.00 bits per heavy atom. The molecule has 3 heteroatoms. The van der Waals surface area contributed by atoms with E-state index in [2.05, 4.69) is 6.92 Å². The number of hydrogen-bond donors (Lipinski definition) is 0. The van der Waals surface area contributed by atoms with Crippen LogP contribution < -0.4 is 0 Å². The average molecular weight is 278 g/mol. The normalized spacial score (nSPS) is 10.5. The Morgan fingerprint density at radius 2 is 1.70 bits per heavy atom. The molecule has 0 heterocycles. The molecule has 0 N–H and O–H groups in total. The number of unbranched alkanes of at least 4 members (excludes halogenated alkanes) is 5. The van der Waals surface area contributed by atoms with Crippen LogP contribution in [-0.4, -0.2) is 12.6 Å². The van der Waals surface area contributed by atoms with Gasteiger partial charge in [-0.25, -0.2) is 4.79 Å². The molecule has 1 aromatic rings. The van der Waals surface area contributed by atoms with Gasteiger partial charge in [0.1, 0.15) is 0 Å². The van der Waals surface area contributed by atoms with Crippen molar-refractivity contribution >= 4 is 5.97 Å². The maximum Gasteiger partial charge on any atom is 0.373 e. The molecule has 0 spiro atoms. The van der Waals surface area contributed by atoms with E-state index in [0.717, 1.165) is 24.8 Å². The van der Waals surface area contributed by atoms with E-state index in [9.17, 15) is 4.79 Å². The topological polar surface area (TPSA) is 35.5 Å². The van der Waals surface area contributed by atoms with E-state index < -0.39 is 5.97 Å². The monoisotopic (exact) mass is 278 g/mol. The number of benzene rings is 1. The third kappa shape index (κ3) is 6.20. The highest BCUT2D eigenvalue weighted by Gasteiger charge is 2.11. The molecule has 3 nitrogen and oxygen atoms in total. The first-order valence-corrected chi connectivity index (χ1v) is 7.71. The SMILES string of the molecule is CCCCCCCCOOC(=O)c1ccccc1CC. The first-order chi connectivity index (χ1) is 9.79. The van der Waals surface area contributed by atoms with Crippen molar-refractivity contribution in [2.75, 3.05) is 6.61 Å². The maximum atomic E-state index is 11.9. The molecule has 0 aliphatic heterocycles. The zero-order chi connectivity index (χ0) is 14.6. The van der Waals surface area contributed by atoms with Crippen LogP contribution >= 0.6 is 0 Å². The molecule has 1 aromatic carbocycles. The van der Waals surface area contributed by atoms with Crippen LogP contribution in [0.15, 0.2) is 24.3 Å². The van der Waals surface area contributed by atoms with Gasteiger partial charge in [-0.05, 0) is 24.5 Å². The van der Waals surface area contributed by atoms with Crippen LogP contribution in [0.25, 0.3) is 0 Å². The summed E-state index contributed by atoms with van der Waals surface area (Å²) in [6.07, 6.45) is 7.93. The fourth-order valence-electron chi connectivity index (χ4n) is 2.11. The van der Waals surface area contributed by atoms with Crippen LogP contribution in [0.3, 0.4) is 0 Å². The first-order valence-electron chi connectivity index (χ1n) is 7.71. The summed E-state index contributed by atoms with van der Waals surface area (Å²) in [4.78, 5) is 21.7. The Kier molecular flexibility index (Phi) is 8.72. The Hall–Kier alpha value is -1.35. The lowest BCUT2D eigenvalue weighted by atomic mass is 10.1. The Labute approximate surface area is 122 Å². The third-order valence-corrected chi connectivity index (χ3v) is 3.33. The molecule has 0 aliphatic rings. The van der Waals surface area contributed by atoms with Crippen molar-refractivity contribution in [3.8, 4) is 0 Å². The predicted molar refractivity (Wildman–Crippen MR) is 80.6 cm³/mol. The van der Waals surface area contributed by atoms with Crippen LogP contribution in [-0.2, 0) is 16.2 Å². The highest BCUT2D eigenvalue weighted by Crippen LogP contribution is 2.11. The minimum atomic E-state index is -0.395. The van der Waals surface area contributed by atoms with Crippen LogP contribution in [0.4, 0.5) is 0 Å². The number of carbonyl (C=O) groups excluding carboxylic acids is 1. The van der Waals surface area contributed by atoms with E-state index in [1.54, 1.807) is 6.07 Å². The maximum absolute atomic E-state index is 11.9.